The van der Waals surface area contributed by atoms with Crippen LogP contribution in [0.1, 0.15) is 19.4 Å². The molecule has 0 aromatic heterocycles. The molecule has 8 nitrogen and oxygen atoms in total. The van der Waals surface area contributed by atoms with Crippen molar-refractivity contribution in [3.05, 3.63) is 52.0 Å². The highest BCUT2D eigenvalue weighted by Crippen LogP contribution is 2.37. The third-order valence-corrected chi connectivity index (χ3v) is 4.95. The van der Waals surface area contributed by atoms with Gasteiger partial charge in [0.25, 0.3) is 11.8 Å². The van der Waals surface area contributed by atoms with Gasteiger partial charge in [0.2, 0.25) is 0 Å². The van der Waals surface area contributed by atoms with Gasteiger partial charge in [0.15, 0.2) is 11.5 Å². The van der Waals surface area contributed by atoms with Gasteiger partial charge in [-0.15, -0.1) is 0 Å². The van der Waals surface area contributed by atoms with E-state index < -0.39 is 17.8 Å². The van der Waals surface area contributed by atoms with E-state index in [4.69, 9.17) is 14.2 Å². The van der Waals surface area contributed by atoms with Crippen molar-refractivity contribution < 1.29 is 28.6 Å². The number of benzene rings is 2. The lowest BCUT2D eigenvalue weighted by Gasteiger charge is -2.26. The molecule has 0 saturated carbocycles. The normalized spacial score (nSPS) is 15.2. The number of imide groups is 2. The Bertz CT molecular complexity index is 1050. The Kier molecular flexibility index (Phi) is 6.96. The molecule has 0 spiro atoms. The summed E-state index contributed by atoms with van der Waals surface area (Å²) in [6.07, 6.45) is 1.40. The van der Waals surface area contributed by atoms with E-state index in [1.165, 1.54) is 13.2 Å². The number of nitrogens with one attached hydrogen (secondary N) is 1. The first-order valence-electron chi connectivity index (χ1n) is 9.54. The number of halogens is 1. The second-order valence-corrected chi connectivity index (χ2v) is 7.21. The number of nitrogens with zero attached hydrogens (tertiary/aromatic N) is 1. The Balaban J connectivity index is 1.98. The fourth-order valence-corrected chi connectivity index (χ4v) is 3.60. The number of ether oxygens (including phenoxy) is 3. The maximum Gasteiger partial charge on any atom is 0.335 e. The Hall–Kier alpha value is -3.33. The van der Waals surface area contributed by atoms with Crippen LogP contribution in [-0.4, -0.2) is 38.2 Å². The average Bonchev–Trinajstić information content (AvgIpc) is 2.74. The largest absolute Gasteiger partial charge is 0.494 e. The molecule has 1 N–H and O–H groups in total. The summed E-state index contributed by atoms with van der Waals surface area (Å²) in [4.78, 5) is 38.7. The van der Waals surface area contributed by atoms with Gasteiger partial charge < -0.3 is 14.2 Å². The third-order valence-electron chi connectivity index (χ3n) is 4.36. The molecule has 1 heterocycles. The molecule has 9 heteroatoms. The zero-order valence-corrected chi connectivity index (χ0v) is 18.8. The van der Waals surface area contributed by atoms with Crippen LogP contribution >= 0.6 is 15.9 Å². The minimum Gasteiger partial charge on any atom is -0.494 e. The Morgan fingerprint density at radius 3 is 2.32 bits per heavy atom. The van der Waals surface area contributed by atoms with E-state index in [-0.39, 0.29) is 5.57 Å². The molecule has 162 valence electrons. The first-order valence-corrected chi connectivity index (χ1v) is 10.3. The minimum absolute atomic E-state index is 0.188. The van der Waals surface area contributed by atoms with Crippen molar-refractivity contribution in [3.63, 3.8) is 0 Å². The summed E-state index contributed by atoms with van der Waals surface area (Å²) in [5.74, 6) is 0.0429. The Morgan fingerprint density at radius 1 is 1.03 bits per heavy atom. The predicted octanol–water partition coefficient (Wildman–Crippen LogP) is 3.92. The Labute approximate surface area is 187 Å². The van der Waals surface area contributed by atoms with Gasteiger partial charge in [-0.05, 0) is 77.8 Å². The lowest BCUT2D eigenvalue weighted by atomic mass is 10.1. The van der Waals surface area contributed by atoms with E-state index in [1.54, 1.807) is 36.4 Å². The molecule has 1 aliphatic rings. The van der Waals surface area contributed by atoms with Crippen molar-refractivity contribution in [3.8, 4) is 17.2 Å². The molecule has 31 heavy (non-hydrogen) atoms. The zero-order valence-electron chi connectivity index (χ0n) is 17.2. The standard InChI is InChI=1S/C22H21BrN2O6/c1-4-30-15-8-6-14(7-9-15)25-21(27)16(20(26)24-22(25)28)10-13-11-17(23)19(31-5-2)18(12-13)29-3/h6-12H,4-5H2,1-3H3,(H,24,26,28)/b16-10+. The molecule has 0 bridgehead atoms. The zero-order chi connectivity index (χ0) is 22.5. The smallest absolute Gasteiger partial charge is 0.335 e. The number of amides is 4. The van der Waals surface area contributed by atoms with Crippen molar-refractivity contribution in [1.29, 1.82) is 0 Å². The predicted molar refractivity (Wildman–Crippen MR) is 118 cm³/mol. The van der Waals surface area contributed by atoms with Crippen LogP contribution in [0.4, 0.5) is 10.5 Å². The van der Waals surface area contributed by atoms with E-state index in [0.29, 0.717) is 46.2 Å². The van der Waals surface area contributed by atoms with Crippen molar-refractivity contribution in [2.75, 3.05) is 25.2 Å². The van der Waals surface area contributed by atoms with Crippen LogP contribution in [0.15, 0.2) is 46.4 Å². The van der Waals surface area contributed by atoms with Gasteiger partial charge in [-0.1, -0.05) is 0 Å². The van der Waals surface area contributed by atoms with Crippen molar-refractivity contribution >= 4 is 45.5 Å². The molecule has 0 unspecified atom stereocenters. The lowest BCUT2D eigenvalue weighted by Crippen LogP contribution is -2.54. The van der Waals surface area contributed by atoms with E-state index in [9.17, 15) is 14.4 Å². The lowest BCUT2D eigenvalue weighted by molar-refractivity contribution is -0.122. The van der Waals surface area contributed by atoms with Gasteiger partial charge in [-0.2, -0.15) is 0 Å². The van der Waals surface area contributed by atoms with Crippen LogP contribution in [0.5, 0.6) is 17.2 Å². The highest BCUT2D eigenvalue weighted by Gasteiger charge is 2.36. The Morgan fingerprint density at radius 2 is 1.71 bits per heavy atom. The second kappa shape index (κ2) is 9.65. The summed E-state index contributed by atoms with van der Waals surface area (Å²) in [5.41, 5.74) is 0.646. The molecular weight excluding hydrogens is 468 g/mol. The highest BCUT2D eigenvalue weighted by atomic mass is 79.9. The molecule has 1 aliphatic heterocycles. The number of anilines is 1. The van der Waals surface area contributed by atoms with Crippen molar-refractivity contribution in [2.45, 2.75) is 13.8 Å². The van der Waals surface area contributed by atoms with E-state index in [0.717, 1.165) is 4.90 Å². The van der Waals surface area contributed by atoms with Gasteiger partial charge in [0, 0.05) is 0 Å². The minimum atomic E-state index is -0.818. The summed E-state index contributed by atoms with van der Waals surface area (Å²) in [7, 11) is 1.49. The number of rotatable bonds is 7. The van der Waals surface area contributed by atoms with E-state index in [2.05, 4.69) is 21.2 Å². The number of carbonyl (C=O) groups excluding carboxylic acids is 3. The monoisotopic (exact) mass is 488 g/mol. The number of methoxy groups -OCH3 is 1. The van der Waals surface area contributed by atoms with E-state index in [1.807, 2.05) is 13.8 Å². The third kappa shape index (κ3) is 4.72. The van der Waals surface area contributed by atoms with Gasteiger partial charge in [-0.25, -0.2) is 9.69 Å². The molecule has 2 aromatic rings. The number of barbiturate groups is 1. The second-order valence-electron chi connectivity index (χ2n) is 6.35. The topological polar surface area (TPSA) is 94.2 Å². The van der Waals surface area contributed by atoms with Gasteiger partial charge >= 0.3 is 6.03 Å². The first-order chi connectivity index (χ1) is 14.9. The summed E-state index contributed by atoms with van der Waals surface area (Å²) >= 11 is 3.42. The summed E-state index contributed by atoms with van der Waals surface area (Å²) in [5, 5.41) is 2.20. The van der Waals surface area contributed by atoms with Crippen LogP contribution in [0.2, 0.25) is 0 Å². The SMILES string of the molecule is CCOc1ccc(N2C(=O)NC(=O)/C(=C\c3cc(Br)c(OCC)c(OC)c3)C2=O)cc1. The van der Waals surface area contributed by atoms with Crippen LogP contribution in [0.3, 0.4) is 0 Å². The van der Waals surface area contributed by atoms with Crippen molar-refractivity contribution in [2.24, 2.45) is 0 Å². The van der Waals surface area contributed by atoms with E-state index >= 15 is 0 Å². The maximum atomic E-state index is 13.0. The van der Waals surface area contributed by atoms with Crippen LogP contribution in [0, 0.1) is 0 Å². The average molecular weight is 489 g/mol. The fraction of sp³-hybridized carbons (Fsp3) is 0.227. The summed E-state index contributed by atoms with van der Waals surface area (Å²) in [6.45, 7) is 4.63. The molecule has 1 fully saturated rings. The number of hydrogen-bond donors (Lipinski definition) is 1. The molecule has 0 radical (unpaired) electrons. The molecule has 4 amide bonds. The molecule has 3 rings (SSSR count). The van der Waals surface area contributed by atoms with Gasteiger partial charge in [0.05, 0.1) is 30.5 Å². The summed E-state index contributed by atoms with van der Waals surface area (Å²) < 4.78 is 16.9. The first kappa shape index (κ1) is 22.4. The van der Waals surface area contributed by atoms with Crippen LogP contribution < -0.4 is 24.4 Å². The molecule has 2 aromatic carbocycles. The molecule has 0 aliphatic carbocycles. The molecule has 0 atom stereocenters. The number of hydrogen-bond acceptors (Lipinski definition) is 6. The molecule has 1 saturated heterocycles. The van der Waals surface area contributed by atoms with Crippen molar-refractivity contribution in [1.82, 2.24) is 5.32 Å². The van der Waals surface area contributed by atoms with Crippen LogP contribution in [0.25, 0.3) is 6.08 Å². The quantitative estimate of drug-likeness (QED) is 0.468. The van der Waals surface area contributed by atoms with Crippen LogP contribution in [-0.2, 0) is 9.59 Å². The van der Waals surface area contributed by atoms with Gasteiger partial charge in [0.1, 0.15) is 11.3 Å². The summed E-state index contributed by atoms with van der Waals surface area (Å²) in [6, 6.07) is 8.96. The van der Waals surface area contributed by atoms with Gasteiger partial charge in [-0.3, -0.25) is 14.9 Å². The number of carbonyl (C=O) groups is 3. The molecular formula is C22H21BrN2O6. The number of urea groups is 1. The fourth-order valence-electron chi connectivity index (χ4n) is 3.02. The highest BCUT2D eigenvalue weighted by molar-refractivity contribution is 9.10. The maximum absolute atomic E-state index is 13.0.